The summed E-state index contributed by atoms with van der Waals surface area (Å²) >= 11 is 0. The zero-order chi connectivity index (χ0) is 16.1. The average molecular weight is 306 g/mol. The quantitative estimate of drug-likeness (QED) is 0.358. The van der Waals surface area contributed by atoms with E-state index in [0.29, 0.717) is 0 Å². The van der Waals surface area contributed by atoms with Gasteiger partial charge in [0.25, 0.3) is 17.5 Å². The predicted molar refractivity (Wildman–Crippen MR) is 72.7 cm³/mol. The van der Waals surface area contributed by atoms with Crippen molar-refractivity contribution in [2.24, 2.45) is 5.10 Å². The molecule has 4 N–H and O–H groups in total. The van der Waals surface area contributed by atoms with Crippen LogP contribution in [0.1, 0.15) is 5.56 Å². The van der Waals surface area contributed by atoms with E-state index in [9.17, 15) is 20.0 Å². The fraction of sp³-hybridized carbons (Fsp3) is 0.100. The van der Waals surface area contributed by atoms with Crippen LogP contribution in [0.2, 0.25) is 0 Å². The fourth-order valence-electron chi connectivity index (χ4n) is 1.42. The molecule has 2 aromatic rings. The Kier molecular flexibility index (Phi) is 4.22. The van der Waals surface area contributed by atoms with Gasteiger partial charge in [0.1, 0.15) is 12.3 Å². The number of rotatable bonds is 5. The van der Waals surface area contributed by atoms with Gasteiger partial charge in [-0.1, -0.05) is 5.10 Å². The highest BCUT2D eigenvalue weighted by molar-refractivity contribution is 5.85. The van der Waals surface area contributed by atoms with Crippen molar-refractivity contribution in [1.29, 1.82) is 0 Å². The van der Waals surface area contributed by atoms with Crippen molar-refractivity contribution in [2.45, 2.75) is 6.54 Å². The standard InChI is InChI=1S/C10H10N8O4/c11-10-14-16-17(15-10)5-9(20)13-12-4-6-3-7(18(21)22)1-2-8(6)19/h1-4,19H,5H2,(H2,11,15)(H,13,20)/b12-4+. The maximum Gasteiger partial charge on any atom is 0.270 e. The minimum atomic E-state index is -0.615. The van der Waals surface area contributed by atoms with Gasteiger partial charge in [-0.2, -0.15) is 9.90 Å². The van der Waals surface area contributed by atoms with Crippen LogP contribution in [0, 0.1) is 10.1 Å². The number of nitrogens with two attached hydrogens (primary N) is 1. The Balaban J connectivity index is 1.98. The van der Waals surface area contributed by atoms with Crippen LogP contribution in [0.4, 0.5) is 11.6 Å². The van der Waals surface area contributed by atoms with Gasteiger partial charge in [0.05, 0.1) is 11.1 Å². The van der Waals surface area contributed by atoms with Crippen molar-refractivity contribution in [1.82, 2.24) is 25.6 Å². The molecule has 0 saturated heterocycles. The third kappa shape index (κ3) is 3.72. The predicted octanol–water partition coefficient (Wildman–Crippen LogP) is -0.981. The van der Waals surface area contributed by atoms with Gasteiger partial charge in [0.2, 0.25) is 0 Å². The summed E-state index contributed by atoms with van der Waals surface area (Å²) in [6.07, 6.45) is 1.07. The number of nitro groups is 1. The lowest BCUT2D eigenvalue weighted by molar-refractivity contribution is -0.384. The maximum absolute atomic E-state index is 11.5. The third-order valence-electron chi connectivity index (χ3n) is 2.37. The minimum Gasteiger partial charge on any atom is -0.507 e. The van der Waals surface area contributed by atoms with Crippen LogP contribution in [0.5, 0.6) is 5.75 Å². The fourth-order valence-corrected chi connectivity index (χ4v) is 1.42. The number of tetrazole rings is 1. The zero-order valence-corrected chi connectivity index (χ0v) is 10.9. The largest absolute Gasteiger partial charge is 0.507 e. The molecule has 2 rings (SSSR count). The first kappa shape index (κ1) is 14.8. The van der Waals surface area contributed by atoms with Crippen LogP contribution in [0.15, 0.2) is 23.3 Å². The summed E-state index contributed by atoms with van der Waals surface area (Å²) in [6, 6.07) is 3.42. The molecule has 0 saturated carbocycles. The number of non-ortho nitro benzene ring substituents is 1. The molecule has 0 spiro atoms. The number of phenols is 1. The summed E-state index contributed by atoms with van der Waals surface area (Å²) in [5.41, 5.74) is 7.25. The van der Waals surface area contributed by atoms with E-state index in [0.717, 1.165) is 29.2 Å². The molecule has 12 heteroatoms. The number of carbonyl (C=O) groups excluding carboxylic acids is 1. The minimum absolute atomic E-state index is 0.0715. The van der Waals surface area contributed by atoms with E-state index in [4.69, 9.17) is 5.73 Å². The SMILES string of the molecule is Nc1nnn(CC(=O)N/N=C/c2cc([N+](=O)[O-])ccc2O)n1. The van der Waals surface area contributed by atoms with Crippen molar-refractivity contribution in [3.8, 4) is 5.75 Å². The molecule has 0 aliphatic heterocycles. The molecule has 0 radical (unpaired) electrons. The van der Waals surface area contributed by atoms with E-state index < -0.39 is 10.8 Å². The molecule has 0 atom stereocenters. The number of nitro benzene ring substituents is 1. The highest BCUT2D eigenvalue weighted by Crippen LogP contribution is 2.21. The molecule has 1 amide bonds. The van der Waals surface area contributed by atoms with Crippen LogP contribution >= 0.6 is 0 Å². The monoisotopic (exact) mass is 306 g/mol. The van der Waals surface area contributed by atoms with Gasteiger partial charge >= 0.3 is 0 Å². The first-order chi connectivity index (χ1) is 10.5. The Bertz CT molecular complexity index is 740. The highest BCUT2D eigenvalue weighted by Gasteiger charge is 2.09. The van der Waals surface area contributed by atoms with Crippen molar-refractivity contribution in [3.63, 3.8) is 0 Å². The number of hydrogen-bond acceptors (Lipinski definition) is 9. The number of anilines is 1. The molecule has 0 fully saturated rings. The summed E-state index contributed by atoms with van der Waals surface area (Å²) in [5.74, 6) is -0.856. The van der Waals surface area contributed by atoms with Crippen LogP contribution in [-0.4, -0.2) is 42.4 Å². The van der Waals surface area contributed by atoms with Crippen molar-refractivity contribution in [2.75, 3.05) is 5.73 Å². The molecule has 12 nitrogen and oxygen atoms in total. The van der Waals surface area contributed by atoms with E-state index in [-0.39, 0.29) is 29.5 Å². The second-order valence-electron chi connectivity index (χ2n) is 3.97. The molecule has 0 bridgehead atoms. The Morgan fingerprint density at radius 3 is 3.00 bits per heavy atom. The van der Waals surface area contributed by atoms with Gasteiger partial charge in [-0.3, -0.25) is 14.9 Å². The molecule has 1 aromatic carbocycles. The summed E-state index contributed by atoms with van der Waals surface area (Å²) in [6.45, 7) is -0.261. The molecular weight excluding hydrogens is 296 g/mol. The lowest BCUT2D eigenvalue weighted by atomic mass is 10.2. The highest BCUT2D eigenvalue weighted by atomic mass is 16.6. The van der Waals surface area contributed by atoms with Gasteiger partial charge < -0.3 is 10.8 Å². The van der Waals surface area contributed by atoms with Gasteiger partial charge in [-0.05, 0) is 11.3 Å². The second kappa shape index (κ2) is 6.25. The van der Waals surface area contributed by atoms with Gasteiger partial charge in [-0.15, -0.1) is 5.10 Å². The number of nitrogens with zero attached hydrogens (tertiary/aromatic N) is 6. The van der Waals surface area contributed by atoms with E-state index in [1.165, 1.54) is 0 Å². The second-order valence-corrected chi connectivity index (χ2v) is 3.97. The number of phenolic OH excluding ortho intramolecular Hbond substituents is 1. The number of hydrogen-bond donors (Lipinski definition) is 3. The topological polar surface area (TPSA) is 174 Å². The molecule has 1 aromatic heterocycles. The number of aromatic nitrogens is 4. The number of nitrogens with one attached hydrogen (secondary N) is 1. The molecule has 114 valence electrons. The van der Waals surface area contributed by atoms with Crippen molar-refractivity contribution in [3.05, 3.63) is 33.9 Å². The number of benzene rings is 1. The molecule has 1 heterocycles. The van der Waals surface area contributed by atoms with Gasteiger partial charge in [0, 0.05) is 17.7 Å². The maximum atomic E-state index is 11.5. The molecule has 0 unspecified atom stereocenters. The summed E-state index contributed by atoms with van der Waals surface area (Å²) in [7, 11) is 0. The van der Waals surface area contributed by atoms with Crippen LogP contribution in [-0.2, 0) is 11.3 Å². The van der Waals surface area contributed by atoms with E-state index in [1.54, 1.807) is 0 Å². The zero-order valence-electron chi connectivity index (χ0n) is 10.9. The third-order valence-corrected chi connectivity index (χ3v) is 2.37. The van der Waals surface area contributed by atoms with Crippen molar-refractivity contribution < 1.29 is 14.8 Å². The van der Waals surface area contributed by atoms with Crippen LogP contribution in [0.25, 0.3) is 0 Å². The first-order valence-electron chi connectivity index (χ1n) is 5.78. The lowest BCUT2D eigenvalue weighted by Crippen LogP contribution is -2.24. The Morgan fingerprint density at radius 1 is 1.59 bits per heavy atom. The Morgan fingerprint density at radius 2 is 2.36 bits per heavy atom. The van der Waals surface area contributed by atoms with Gasteiger partial charge in [-0.25, -0.2) is 5.43 Å². The molecule has 0 aliphatic rings. The number of carbonyl (C=O) groups is 1. The van der Waals surface area contributed by atoms with Crippen LogP contribution in [0.3, 0.4) is 0 Å². The first-order valence-corrected chi connectivity index (χ1v) is 5.78. The molecule has 22 heavy (non-hydrogen) atoms. The van der Waals surface area contributed by atoms with Crippen molar-refractivity contribution >= 4 is 23.8 Å². The van der Waals surface area contributed by atoms with E-state index >= 15 is 0 Å². The summed E-state index contributed by atoms with van der Waals surface area (Å²) < 4.78 is 0. The molecular formula is C10H10N8O4. The number of hydrazone groups is 1. The normalized spacial score (nSPS) is 10.7. The Labute approximate surface area is 122 Å². The van der Waals surface area contributed by atoms with E-state index in [1.807, 2.05) is 0 Å². The number of aromatic hydroxyl groups is 1. The number of nitrogen functional groups attached to an aromatic ring is 1. The summed E-state index contributed by atoms with van der Waals surface area (Å²) in [4.78, 5) is 22.5. The molecule has 0 aliphatic carbocycles. The van der Waals surface area contributed by atoms with Crippen LogP contribution < -0.4 is 11.2 Å². The summed E-state index contributed by atoms with van der Waals surface area (Å²) in [5, 5.41) is 34.2. The van der Waals surface area contributed by atoms with Gasteiger partial charge in [0.15, 0.2) is 0 Å². The Hall–Kier alpha value is -3.57. The number of amides is 1. The smallest absolute Gasteiger partial charge is 0.270 e. The lowest BCUT2D eigenvalue weighted by Gasteiger charge is -2.00. The average Bonchev–Trinajstić information content (AvgIpc) is 2.85. The van der Waals surface area contributed by atoms with E-state index in [2.05, 4.69) is 25.9 Å².